The molecule has 4 heterocycles. The van der Waals surface area contributed by atoms with Gasteiger partial charge >= 0.3 is 6.01 Å². The van der Waals surface area contributed by atoms with E-state index in [1.807, 2.05) is 11.8 Å². The van der Waals surface area contributed by atoms with Gasteiger partial charge in [0.1, 0.15) is 29.9 Å². The van der Waals surface area contributed by atoms with Crippen molar-refractivity contribution in [2.24, 2.45) is 0 Å². The largest absolute Gasteiger partial charge is 0.461 e. The minimum absolute atomic E-state index is 0.0105. The maximum absolute atomic E-state index is 16.8. The van der Waals surface area contributed by atoms with Gasteiger partial charge in [0.25, 0.3) is 0 Å². The van der Waals surface area contributed by atoms with Gasteiger partial charge in [-0.25, -0.2) is 17.6 Å². The summed E-state index contributed by atoms with van der Waals surface area (Å²) in [5.41, 5.74) is 4.66. The Morgan fingerprint density at radius 2 is 1.93 bits per heavy atom. The molecule has 4 atom stereocenters. The molecule has 3 saturated heterocycles. The average Bonchev–Trinajstić information content (AvgIpc) is 3.53. The third-order valence-corrected chi connectivity index (χ3v) is 9.98. The third kappa shape index (κ3) is 5.13. The van der Waals surface area contributed by atoms with E-state index in [1.165, 1.54) is 24.3 Å². The van der Waals surface area contributed by atoms with E-state index in [-0.39, 0.29) is 62.6 Å². The highest BCUT2D eigenvalue weighted by Gasteiger charge is 2.49. The first-order valence-electron chi connectivity index (χ1n) is 15.5. The summed E-state index contributed by atoms with van der Waals surface area (Å²) in [5, 5.41) is 4.03. The molecular formula is C33H35ClF4N6O. The number of benzene rings is 3. The number of nitrogens with zero attached hydrogens (tertiary/aromatic N) is 4. The molecule has 0 aliphatic carbocycles. The van der Waals surface area contributed by atoms with Gasteiger partial charge in [-0.2, -0.15) is 9.97 Å². The van der Waals surface area contributed by atoms with Gasteiger partial charge in [-0.1, -0.05) is 30.7 Å². The number of nitrogens with two attached hydrogens (primary N) is 1. The van der Waals surface area contributed by atoms with Gasteiger partial charge in [-0.3, -0.25) is 4.90 Å². The Labute approximate surface area is 263 Å². The molecule has 0 saturated carbocycles. The molecule has 1 aromatic heterocycles. The van der Waals surface area contributed by atoms with E-state index in [9.17, 15) is 4.39 Å². The molecule has 0 spiro atoms. The van der Waals surface area contributed by atoms with Gasteiger partial charge in [-0.15, -0.1) is 0 Å². The predicted octanol–water partition coefficient (Wildman–Crippen LogP) is 6.63. The van der Waals surface area contributed by atoms with Crippen LogP contribution in [-0.4, -0.2) is 71.4 Å². The zero-order valence-electron chi connectivity index (χ0n) is 25.1. The Morgan fingerprint density at radius 1 is 1.11 bits per heavy atom. The van der Waals surface area contributed by atoms with Crippen molar-refractivity contribution < 1.29 is 22.3 Å². The summed E-state index contributed by atoms with van der Waals surface area (Å²) in [7, 11) is 0. The Kier molecular flexibility index (Phi) is 7.69. The van der Waals surface area contributed by atoms with Crippen molar-refractivity contribution >= 4 is 44.8 Å². The van der Waals surface area contributed by atoms with E-state index in [0.29, 0.717) is 31.9 Å². The predicted molar refractivity (Wildman–Crippen MR) is 169 cm³/mol. The van der Waals surface area contributed by atoms with Crippen LogP contribution in [0.25, 0.3) is 32.8 Å². The van der Waals surface area contributed by atoms with Crippen LogP contribution in [0.3, 0.4) is 0 Å². The first-order chi connectivity index (χ1) is 21.6. The number of ether oxygens (including phenoxy) is 1. The Hall–Kier alpha value is -3.41. The Bertz CT molecular complexity index is 1810. The highest BCUT2D eigenvalue weighted by molar-refractivity contribution is 6.37. The fraction of sp³-hybridized carbons (Fsp3) is 0.455. The molecule has 7 rings (SSSR count). The van der Waals surface area contributed by atoms with E-state index in [2.05, 4.69) is 22.1 Å². The fourth-order valence-electron chi connectivity index (χ4n) is 7.58. The molecule has 3 aliphatic heterocycles. The number of hydrogen-bond donors (Lipinski definition) is 2. The normalized spacial score (nSPS) is 25.4. The number of nitrogen functional groups attached to an aromatic ring is 1. The van der Waals surface area contributed by atoms with Gasteiger partial charge in [0.05, 0.1) is 16.8 Å². The summed E-state index contributed by atoms with van der Waals surface area (Å²) in [6.45, 7) is 6.53. The summed E-state index contributed by atoms with van der Waals surface area (Å²) in [4.78, 5) is 13.3. The summed E-state index contributed by atoms with van der Waals surface area (Å²) in [5.74, 6) is -2.23. The Balaban J connectivity index is 1.40. The van der Waals surface area contributed by atoms with Crippen LogP contribution < -0.4 is 20.7 Å². The molecule has 3 aromatic carbocycles. The molecule has 4 aromatic rings. The minimum atomic E-state index is -0.966. The highest BCUT2D eigenvalue weighted by Crippen LogP contribution is 2.44. The standard InChI is InChI=1S/C33H35ClF4N6O/c1-3-19-15-43(13-17(2)40-19)31-22-10-24(36)27(21-11-25(39)28(37)20-6-4-7-23(34)26(20)21)29(38)30(22)41-32(42-31)45-16-33-8-5-9-44(33)14-18(35)12-33/h4,6-7,10-11,17-19,40H,3,5,8-9,12-16,39H2,1-2H3/t17-,18-,19-,33+/m1/s1. The zero-order valence-corrected chi connectivity index (χ0v) is 25.9. The van der Waals surface area contributed by atoms with E-state index in [4.69, 9.17) is 27.1 Å². The molecule has 3 aliphatic rings. The molecule has 0 amide bonds. The van der Waals surface area contributed by atoms with Crippen LogP contribution in [0.5, 0.6) is 6.01 Å². The van der Waals surface area contributed by atoms with E-state index in [0.717, 1.165) is 25.8 Å². The van der Waals surface area contributed by atoms with Crippen molar-refractivity contribution in [2.75, 3.05) is 43.4 Å². The second kappa shape index (κ2) is 11.4. The fourth-order valence-corrected chi connectivity index (χ4v) is 7.86. The van der Waals surface area contributed by atoms with Crippen molar-refractivity contribution in [1.29, 1.82) is 0 Å². The highest BCUT2D eigenvalue weighted by atomic mass is 35.5. The lowest BCUT2D eigenvalue weighted by atomic mass is 9.94. The van der Waals surface area contributed by atoms with Crippen LogP contribution in [0.2, 0.25) is 5.02 Å². The molecule has 3 N–H and O–H groups in total. The lowest BCUT2D eigenvalue weighted by Crippen LogP contribution is -2.55. The molecule has 12 heteroatoms. The second-order valence-corrected chi connectivity index (χ2v) is 13.1. The van der Waals surface area contributed by atoms with Crippen LogP contribution in [0.4, 0.5) is 29.1 Å². The van der Waals surface area contributed by atoms with Crippen molar-refractivity contribution in [3.63, 3.8) is 0 Å². The second-order valence-electron chi connectivity index (χ2n) is 12.7. The molecule has 3 fully saturated rings. The van der Waals surface area contributed by atoms with Crippen molar-refractivity contribution in [3.8, 4) is 17.1 Å². The average molecular weight is 643 g/mol. The molecule has 0 unspecified atom stereocenters. The number of aromatic nitrogens is 2. The quantitative estimate of drug-likeness (QED) is 0.180. The number of halogens is 5. The van der Waals surface area contributed by atoms with Crippen LogP contribution in [-0.2, 0) is 0 Å². The van der Waals surface area contributed by atoms with Crippen molar-refractivity contribution in [3.05, 3.63) is 52.8 Å². The molecule has 0 radical (unpaired) electrons. The summed E-state index contributed by atoms with van der Waals surface area (Å²) in [6, 6.07) is 7.10. The number of anilines is 2. The number of rotatable bonds is 6. The molecule has 238 valence electrons. The lowest BCUT2D eigenvalue weighted by Gasteiger charge is -2.38. The summed E-state index contributed by atoms with van der Waals surface area (Å²) in [6.07, 6.45) is 1.98. The van der Waals surface area contributed by atoms with Crippen molar-refractivity contribution in [1.82, 2.24) is 20.2 Å². The number of piperazine rings is 1. The van der Waals surface area contributed by atoms with Gasteiger partial charge < -0.3 is 20.7 Å². The topological polar surface area (TPSA) is 79.5 Å². The molecule has 0 bridgehead atoms. The van der Waals surface area contributed by atoms with Gasteiger partial charge in [0.2, 0.25) is 0 Å². The summed E-state index contributed by atoms with van der Waals surface area (Å²) >= 11 is 6.47. The van der Waals surface area contributed by atoms with Gasteiger partial charge in [0, 0.05) is 59.3 Å². The number of fused-ring (bicyclic) bond motifs is 3. The lowest BCUT2D eigenvalue weighted by molar-refractivity contribution is 0.107. The SMILES string of the molecule is CC[C@@H]1CN(c2nc(OC[C@@]34CCCN3C[C@H](F)C4)nc3c(F)c(-c4cc(N)c(F)c5cccc(Cl)c45)c(F)cc23)C[C@@H](C)N1. The van der Waals surface area contributed by atoms with Crippen molar-refractivity contribution in [2.45, 2.75) is 63.3 Å². The van der Waals surface area contributed by atoms with E-state index in [1.54, 1.807) is 6.07 Å². The maximum atomic E-state index is 16.8. The smallest absolute Gasteiger partial charge is 0.319 e. The molecule has 7 nitrogen and oxygen atoms in total. The van der Waals surface area contributed by atoms with Crippen LogP contribution in [0, 0.1) is 17.5 Å². The minimum Gasteiger partial charge on any atom is -0.461 e. The Morgan fingerprint density at radius 3 is 2.73 bits per heavy atom. The van der Waals surface area contributed by atoms with Gasteiger partial charge in [0.15, 0.2) is 11.6 Å². The number of alkyl halides is 1. The summed E-state index contributed by atoms with van der Waals surface area (Å²) < 4.78 is 68.7. The number of nitrogens with one attached hydrogen (secondary N) is 1. The van der Waals surface area contributed by atoms with Crippen LogP contribution in [0.15, 0.2) is 30.3 Å². The molecular weight excluding hydrogens is 608 g/mol. The van der Waals surface area contributed by atoms with Crippen LogP contribution in [0.1, 0.15) is 39.5 Å². The van der Waals surface area contributed by atoms with E-state index >= 15 is 13.2 Å². The van der Waals surface area contributed by atoms with Crippen LogP contribution >= 0.6 is 11.6 Å². The monoisotopic (exact) mass is 642 g/mol. The zero-order chi connectivity index (χ0) is 31.6. The van der Waals surface area contributed by atoms with E-state index < -0.39 is 34.7 Å². The van der Waals surface area contributed by atoms with Gasteiger partial charge in [-0.05, 0) is 56.5 Å². The maximum Gasteiger partial charge on any atom is 0.319 e. The number of hydrogen-bond acceptors (Lipinski definition) is 7. The molecule has 45 heavy (non-hydrogen) atoms. The third-order valence-electron chi connectivity index (χ3n) is 9.66. The first kappa shape index (κ1) is 30.3. The first-order valence-corrected chi connectivity index (χ1v) is 15.9.